The Labute approximate surface area is 119 Å². The van der Waals surface area contributed by atoms with Gasteiger partial charge in [0, 0.05) is 30.5 Å². The molecule has 1 aromatic heterocycles. The molecular formula is C14H13F3N4. The van der Waals surface area contributed by atoms with Crippen LogP contribution in [0, 0.1) is 6.92 Å². The Hall–Kier alpha value is -2.15. The molecule has 4 nitrogen and oxygen atoms in total. The van der Waals surface area contributed by atoms with E-state index in [9.17, 15) is 13.2 Å². The third kappa shape index (κ3) is 2.82. The minimum absolute atomic E-state index is 0.162. The average molecular weight is 294 g/mol. The van der Waals surface area contributed by atoms with E-state index in [1.807, 2.05) is 0 Å². The van der Waals surface area contributed by atoms with Crippen LogP contribution in [-0.4, -0.2) is 9.97 Å². The first-order valence-corrected chi connectivity index (χ1v) is 6.44. The summed E-state index contributed by atoms with van der Waals surface area (Å²) in [6, 6.07) is 3.88. The summed E-state index contributed by atoms with van der Waals surface area (Å²) >= 11 is 0. The third-order valence-corrected chi connectivity index (χ3v) is 3.35. The molecule has 0 spiro atoms. The second kappa shape index (κ2) is 5.00. The molecule has 0 fully saturated rings. The predicted octanol–water partition coefficient (Wildman–Crippen LogP) is 3.15. The van der Waals surface area contributed by atoms with Crippen molar-refractivity contribution in [2.45, 2.75) is 26.2 Å². The highest BCUT2D eigenvalue weighted by atomic mass is 19.4. The Kier molecular flexibility index (Phi) is 3.29. The van der Waals surface area contributed by atoms with Gasteiger partial charge in [0.1, 0.15) is 0 Å². The molecule has 21 heavy (non-hydrogen) atoms. The lowest BCUT2D eigenvalue weighted by atomic mass is 10.1. The number of nitrogens with one attached hydrogen (secondary N) is 2. The summed E-state index contributed by atoms with van der Waals surface area (Å²) in [7, 11) is 0. The quantitative estimate of drug-likeness (QED) is 0.893. The van der Waals surface area contributed by atoms with Crippen molar-refractivity contribution < 1.29 is 13.2 Å². The third-order valence-electron chi connectivity index (χ3n) is 3.35. The van der Waals surface area contributed by atoms with Crippen molar-refractivity contribution in [1.82, 2.24) is 15.3 Å². The monoisotopic (exact) mass is 294 g/mol. The van der Waals surface area contributed by atoms with E-state index in [-0.39, 0.29) is 5.56 Å². The molecule has 0 unspecified atom stereocenters. The molecule has 2 aromatic rings. The van der Waals surface area contributed by atoms with Gasteiger partial charge in [0.05, 0.1) is 11.3 Å². The predicted molar refractivity (Wildman–Crippen MR) is 72.0 cm³/mol. The normalized spacial score (nSPS) is 14.1. The molecular weight excluding hydrogens is 281 g/mol. The van der Waals surface area contributed by atoms with Gasteiger partial charge in [-0.05, 0) is 30.7 Å². The van der Waals surface area contributed by atoms with Crippen LogP contribution in [0.3, 0.4) is 0 Å². The fraction of sp³-hybridized carbons (Fsp3) is 0.286. The second-order valence-electron chi connectivity index (χ2n) is 4.92. The smallest absolute Gasteiger partial charge is 0.324 e. The zero-order valence-electron chi connectivity index (χ0n) is 11.3. The lowest BCUT2D eigenvalue weighted by Gasteiger charge is -2.12. The fourth-order valence-electron chi connectivity index (χ4n) is 2.31. The SMILES string of the molecule is Cc1cc(Nc2ncc3c(n2)CNC3)ccc1C(F)(F)F. The molecule has 2 heterocycles. The number of rotatable bonds is 2. The number of hydrogen-bond donors (Lipinski definition) is 2. The van der Waals surface area contributed by atoms with Crippen LogP contribution in [0.1, 0.15) is 22.4 Å². The minimum atomic E-state index is -4.33. The number of anilines is 2. The number of alkyl halides is 3. The van der Waals surface area contributed by atoms with Crippen molar-refractivity contribution in [3.63, 3.8) is 0 Å². The molecule has 0 saturated heterocycles. The number of benzene rings is 1. The zero-order chi connectivity index (χ0) is 15.0. The van der Waals surface area contributed by atoms with Crippen molar-refractivity contribution in [2.75, 3.05) is 5.32 Å². The summed E-state index contributed by atoms with van der Waals surface area (Å²) in [5.41, 5.74) is 2.02. The van der Waals surface area contributed by atoms with E-state index in [0.29, 0.717) is 18.2 Å². The van der Waals surface area contributed by atoms with Crippen molar-refractivity contribution in [3.8, 4) is 0 Å². The van der Waals surface area contributed by atoms with Crippen molar-refractivity contribution in [1.29, 1.82) is 0 Å². The first-order valence-electron chi connectivity index (χ1n) is 6.44. The molecule has 1 aliphatic rings. The number of fused-ring (bicyclic) bond motifs is 1. The standard InChI is InChI=1S/C14H13F3N4/c1-8-4-10(2-3-11(8)14(15,16)17)20-13-19-6-9-5-18-7-12(9)21-13/h2-4,6,18H,5,7H2,1H3,(H,19,20,21). The molecule has 7 heteroatoms. The van der Waals surface area contributed by atoms with E-state index in [2.05, 4.69) is 20.6 Å². The van der Waals surface area contributed by atoms with Gasteiger partial charge >= 0.3 is 6.18 Å². The average Bonchev–Trinajstić information content (AvgIpc) is 2.84. The maximum atomic E-state index is 12.7. The molecule has 1 aliphatic heterocycles. The Morgan fingerprint density at radius 1 is 1.24 bits per heavy atom. The van der Waals surface area contributed by atoms with Crippen LogP contribution >= 0.6 is 0 Å². The number of halogens is 3. The maximum Gasteiger partial charge on any atom is 0.416 e. The van der Waals surface area contributed by atoms with E-state index in [1.165, 1.54) is 19.1 Å². The van der Waals surface area contributed by atoms with Crippen molar-refractivity contribution in [3.05, 3.63) is 46.8 Å². The van der Waals surface area contributed by atoms with E-state index < -0.39 is 11.7 Å². The largest absolute Gasteiger partial charge is 0.416 e. The maximum absolute atomic E-state index is 12.7. The van der Waals surface area contributed by atoms with Crippen LogP contribution in [0.4, 0.5) is 24.8 Å². The molecule has 1 aromatic carbocycles. The highest BCUT2D eigenvalue weighted by Gasteiger charge is 2.32. The summed E-state index contributed by atoms with van der Waals surface area (Å²) in [6.07, 6.45) is -2.61. The Balaban J connectivity index is 1.84. The summed E-state index contributed by atoms with van der Waals surface area (Å²) in [4.78, 5) is 8.50. The van der Waals surface area contributed by atoms with Crippen LogP contribution in [0.15, 0.2) is 24.4 Å². The van der Waals surface area contributed by atoms with Gasteiger partial charge in [-0.15, -0.1) is 0 Å². The molecule has 0 aliphatic carbocycles. The van der Waals surface area contributed by atoms with E-state index in [0.717, 1.165) is 23.9 Å². The lowest BCUT2D eigenvalue weighted by Crippen LogP contribution is -2.08. The van der Waals surface area contributed by atoms with Gasteiger partial charge in [-0.25, -0.2) is 9.97 Å². The van der Waals surface area contributed by atoms with E-state index in [1.54, 1.807) is 6.20 Å². The number of aryl methyl sites for hydroxylation is 1. The Morgan fingerprint density at radius 3 is 2.76 bits per heavy atom. The lowest BCUT2D eigenvalue weighted by molar-refractivity contribution is -0.138. The first kappa shape index (κ1) is 13.8. The van der Waals surface area contributed by atoms with Gasteiger partial charge in [0.2, 0.25) is 5.95 Å². The van der Waals surface area contributed by atoms with Gasteiger partial charge in [0.15, 0.2) is 0 Å². The first-order chi connectivity index (χ1) is 9.93. The van der Waals surface area contributed by atoms with Gasteiger partial charge < -0.3 is 10.6 Å². The highest BCUT2D eigenvalue weighted by molar-refractivity contribution is 5.56. The van der Waals surface area contributed by atoms with Crippen LogP contribution in [0.5, 0.6) is 0 Å². The molecule has 0 saturated carbocycles. The van der Waals surface area contributed by atoms with E-state index >= 15 is 0 Å². The molecule has 3 rings (SSSR count). The minimum Gasteiger partial charge on any atom is -0.324 e. The summed E-state index contributed by atoms with van der Waals surface area (Å²) in [5.74, 6) is 0.386. The van der Waals surface area contributed by atoms with E-state index in [4.69, 9.17) is 0 Å². The van der Waals surface area contributed by atoms with Gasteiger partial charge in [0.25, 0.3) is 0 Å². The van der Waals surface area contributed by atoms with Crippen LogP contribution in [0.25, 0.3) is 0 Å². The van der Waals surface area contributed by atoms with Crippen LogP contribution in [-0.2, 0) is 19.3 Å². The molecule has 0 amide bonds. The highest BCUT2D eigenvalue weighted by Crippen LogP contribution is 2.33. The second-order valence-corrected chi connectivity index (χ2v) is 4.92. The summed E-state index contributed by atoms with van der Waals surface area (Å²) < 4.78 is 38.1. The molecule has 0 radical (unpaired) electrons. The number of hydrogen-bond acceptors (Lipinski definition) is 4. The number of nitrogens with zero attached hydrogens (tertiary/aromatic N) is 2. The fourth-order valence-corrected chi connectivity index (χ4v) is 2.31. The molecule has 0 atom stereocenters. The molecule has 2 N–H and O–H groups in total. The zero-order valence-corrected chi connectivity index (χ0v) is 11.3. The number of aromatic nitrogens is 2. The van der Waals surface area contributed by atoms with Crippen molar-refractivity contribution >= 4 is 11.6 Å². The molecule has 110 valence electrons. The van der Waals surface area contributed by atoms with Crippen LogP contribution in [0.2, 0.25) is 0 Å². The summed E-state index contributed by atoms with van der Waals surface area (Å²) in [5, 5.41) is 6.09. The van der Waals surface area contributed by atoms with Gasteiger partial charge in [-0.2, -0.15) is 13.2 Å². The van der Waals surface area contributed by atoms with Gasteiger partial charge in [-0.1, -0.05) is 0 Å². The van der Waals surface area contributed by atoms with Gasteiger partial charge in [-0.3, -0.25) is 0 Å². The summed E-state index contributed by atoms with van der Waals surface area (Å²) in [6.45, 7) is 2.86. The van der Waals surface area contributed by atoms with Crippen molar-refractivity contribution in [2.24, 2.45) is 0 Å². The van der Waals surface area contributed by atoms with Crippen LogP contribution < -0.4 is 10.6 Å². The Morgan fingerprint density at radius 2 is 2.05 bits per heavy atom. The Bertz CT molecular complexity index is 682. The topological polar surface area (TPSA) is 49.8 Å². The molecule has 0 bridgehead atoms.